The van der Waals surface area contributed by atoms with Crippen LogP contribution in [0.4, 0.5) is 10.1 Å². The fourth-order valence-corrected chi connectivity index (χ4v) is 3.76. The summed E-state index contributed by atoms with van der Waals surface area (Å²) < 4.78 is 19.4. The number of thioether (sulfide) groups is 1. The first kappa shape index (κ1) is 17.7. The minimum Gasteiger partial charge on any atom is -0.466 e. The van der Waals surface area contributed by atoms with Gasteiger partial charge in [-0.3, -0.25) is 4.79 Å². The van der Waals surface area contributed by atoms with Gasteiger partial charge in [0, 0.05) is 21.0 Å². The number of nitrogens with zero attached hydrogens (tertiary/aromatic N) is 1. The molecule has 4 nitrogen and oxygen atoms in total. The molecule has 1 aliphatic heterocycles. The molecule has 0 spiro atoms. The average Bonchev–Trinajstić information content (AvgIpc) is 2.60. The van der Waals surface area contributed by atoms with E-state index in [0.717, 1.165) is 11.0 Å². The number of carbonyl (C=O) groups is 2. The van der Waals surface area contributed by atoms with Crippen molar-refractivity contribution in [2.45, 2.75) is 11.4 Å². The van der Waals surface area contributed by atoms with Crippen LogP contribution in [-0.2, 0) is 20.9 Å². The van der Waals surface area contributed by atoms with Crippen LogP contribution in [-0.4, -0.2) is 19.0 Å². The van der Waals surface area contributed by atoms with Gasteiger partial charge in [-0.1, -0.05) is 45.9 Å². The van der Waals surface area contributed by atoms with E-state index < -0.39 is 11.8 Å². The SMILES string of the molecule is COC(=O)/C=C1\Sc2ccccc2N(Cc2ccc(Br)cc2F)C1=O. The van der Waals surface area contributed by atoms with E-state index in [9.17, 15) is 14.0 Å². The fraction of sp³-hybridized carbons (Fsp3) is 0.111. The number of ether oxygens (including phenoxy) is 1. The number of halogens is 2. The van der Waals surface area contributed by atoms with E-state index in [1.54, 1.807) is 18.2 Å². The first-order valence-corrected chi connectivity index (χ1v) is 8.93. The van der Waals surface area contributed by atoms with Crippen LogP contribution >= 0.6 is 27.7 Å². The number of anilines is 1. The van der Waals surface area contributed by atoms with Gasteiger partial charge in [0.25, 0.3) is 5.91 Å². The van der Waals surface area contributed by atoms with Crippen molar-refractivity contribution in [2.75, 3.05) is 12.0 Å². The summed E-state index contributed by atoms with van der Waals surface area (Å²) in [6.45, 7) is 0.0635. The van der Waals surface area contributed by atoms with E-state index >= 15 is 0 Å². The predicted molar refractivity (Wildman–Crippen MR) is 97.7 cm³/mol. The Bertz CT molecular complexity index is 884. The van der Waals surface area contributed by atoms with E-state index in [2.05, 4.69) is 20.7 Å². The standard InChI is InChI=1S/C18H13BrFNO3S/c1-24-17(22)9-16-18(23)21(14-4-2-3-5-15(14)25-16)10-11-6-7-12(19)8-13(11)20/h2-9H,10H2,1H3/b16-9-. The number of carbonyl (C=O) groups excluding carboxylic acids is 2. The van der Waals surface area contributed by atoms with Crippen LogP contribution < -0.4 is 4.90 Å². The van der Waals surface area contributed by atoms with Crippen molar-refractivity contribution in [1.29, 1.82) is 0 Å². The highest BCUT2D eigenvalue weighted by molar-refractivity contribution is 9.10. The number of para-hydroxylation sites is 1. The van der Waals surface area contributed by atoms with Crippen molar-refractivity contribution in [1.82, 2.24) is 0 Å². The molecule has 0 N–H and O–H groups in total. The van der Waals surface area contributed by atoms with Crippen LogP contribution in [0.1, 0.15) is 5.56 Å². The third-order valence-corrected chi connectivity index (χ3v) is 5.20. The molecule has 2 aromatic rings. The number of methoxy groups -OCH3 is 1. The Labute approximate surface area is 156 Å². The summed E-state index contributed by atoms with van der Waals surface area (Å²) in [6.07, 6.45) is 1.16. The first-order chi connectivity index (χ1) is 12.0. The molecule has 0 radical (unpaired) electrons. The van der Waals surface area contributed by atoms with Crippen molar-refractivity contribution < 1.29 is 18.7 Å². The highest BCUT2D eigenvalue weighted by Crippen LogP contribution is 2.42. The summed E-state index contributed by atoms with van der Waals surface area (Å²) in [5.41, 5.74) is 1.07. The van der Waals surface area contributed by atoms with Crippen LogP contribution in [0, 0.1) is 5.82 Å². The Morgan fingerprint density at radius 3 is 2.80 bits per heavy atom. The predicted octanol–water partition coefficient (Wildman–Crippen LogP) is 4.28. The number of rotatable bonds is 3. The molecule has 0 unspecified atom stereocenters. The number of benzene rings is 2. The van der Waals surface area contributed by atoms with Gasteiger partial charge in [0.05, 0.1) is 24.2 Å². The third-order valence-electron chi connectivity index (χ3n) is 3.63. The molecule has 0 aromatic heterocycles. The second-order valence-corrected chi connectivity index (χ2v) is 7.23. The molecule has 0 aliphatic carbocycles. The monoisotopic (exact) mass is 421 g/mol. The maximum Gasteiger partial charge on any atom is 0.331 e. The zero-order chi connectivity index (χ0) is 18.0. The van der Waals surface area contributed by atoms with Gasteiger partial charge in [0.2, 0.25) is 0 Å². The molecule has 0 atom stereocenters. The molecule has 0 saturated carbocycles. The molecule has 0 fully saturated rings. The molecule has 1 heterocycles. The maximum absolute atomic E-state index is 14.2. The lowest BCUT2D eigenvalue weighted by Crippen LogP contribution is -2.34. The molecule has 1 amide bonds. The number of esters is 1. The number of amides is 1. The van der Waals surface area contributed by atoms with Crippen molar-refractivity contribution in [3.05, 3.63) is 69.3 Å². The largest absolute Gasteiger partial charge is 0.466 e. The zero-order valence-electron chi connectivity index (χ0n) is 13.2. The number of hydrogen-bond acceptors (Lipinski definition) is 4. The van der Waals surface area contributed by atoms with Crippen LogP contribution in [0.2, 0.25) is 0 Å². The lowest BCUT2D eigenvalue weighted by Gasteiger charge is -2.30. The molecule has 2 aromatic carbocycles. The van der Waals surface area contributed by atoms with Crippen LogP contribution in [0.3, 0.4) is 0 Å². The summed E-state index contributed by atoms with van der Waals surface area (Å²) >= 11 is 4.42. The highest BCUT2D eigenvalue weighted by atomic mass is 79.9. The van der Waals surface area contributed by atoms with Gasteiger partial charge in [-0.05, 0) is 24.3 Å². The first-order valence-electron chi connectivity index (χ1n) is 7.32. The smallest absolute Gasteiger partial charge is 0.331 e. The third kappa shape index (κ3) is 3.77. The van der Waals surface area contributed by atoms with E-state index in [1.165, 1.54) is 29.8 Å². The molecule has 0 saturated heterocycles. The van der Waals surface area contributed by atoms with Gasteiger partial charge in [0.15, 0.2) is 0 Å². The van der Waals surface area contributed by atoms with Crippen LogP contribution in [0.25, 0.3) is 0 Å². The van der Waals surface area contributed by atoms with Gasteiger partial charge >= 0.3 is 5.97 Å². The Balaban J connectivity index is 2.02. The summed E-state index contributed by atoms with van der Waals surface area (Å²) in [5, 5.41) is 0. The highest BCUT2D eigenvalue weighted by Gasteiger charge is 2.30. The normalized spacial score (nSPS) is 15.2. The maximum atomic E-state index is 14.2. The van der Waals surface area contributed by atoms with Gasteiger partial charge in [0.1, 0.15) is 5.82 Å². The van der Waals surface area contributed by atoms with Gasteiger partial charge in [-0.25, -0.2) is 9.18 Å². The minimum absolute atomic E-state index is 0.0635. The quantitative estimate of drug-likeness (QED) is 0.547. The summed E-state index contributed by atoms with van der Waals surface area (Å²) in [5.74, 6) is -1.38. The fourth-order valence-electron chi connectivity index (χ4n) is 2.41. The van der Waals surface area contributed by atoms with Crippen molar-refractivity contribution in [2.24, 2.45) is 0 Å². The van der Waals surface area contributed by atoms with Crippen LogP contribution in [0.15, 0.2) is 62.8 Å². The van der Waals surface area contributed by atoms with Crippen LogP contribution in [0.5, 0.6) is 0 Å². The molecule has 7 heteroatoms. The summed E-state index contributed by atoms with van der Waals surface area (Å²) in [7, 11) is 1.25. The topological polar surface area (TPSA) is 46.6 Å². The van der Waals surface area contributed by atoms with E-state index in [-0.39, 0.29) is 17.4 Å². The second kappa shape index (κ2) is 7.41. The van der Waals surface area contributed by atoms with Gasteiger partial charge in [-0.2, -0.15) is 0 Å². The molecular weight excluding hydrogens is 409 g/mol. The van der Waals surface area contributed by atoms with E-state index in [0.29, 0.717) is 15.7 Å². The molecule has 1 aliphatic rings. The van der Waals surface area contributed by atoms with Crippen molar-refractivity contribution in [3.63, 3.8) is 0 Å². The summed E-state index contributed by atoms with van der Waals surface area (Å²) in [6, 6.07) is 12.0. The average molecular weight is 422 g/mol. The number of hydrogen-bond donors (Lipinski definition) is 0. The lowest BCUT2D eigenvalue weighted by molar-refractivity contribution is -0.135. The molecular formula is C18H13BrFNO3S. The Morgan fingerprint density at radius 2 is 2.08 bits per heavy atom. The molecule has 3 rings (SSSR count). The van der Waals surface area contributed by atoms with Crippen molar-refractivity contribution in [3.8, 4) is 0 Å². The Hall–Kier alpha value is -2.12. The second-order valence-electron chi connectivity index (χ2n) is 5.23. The summed E-state index contributed by atoms with van der Waals surface area (Å²) in [4.78, 5) is 26.9. The molecule has 25 heavy (non-hydrogen) atoms. The van der Waals surface area contributed by atoms with Crippen molar-refractivity contribution >= 4 is 45.3 Å². The molecule has 128 valence electrons. The zero-order valence-corrected chi connectivity index (χ0v) is 15.6. The van der Waals surface area contributed by atoms with E-state index in [1.807, 2.05) is 18.2 Å². The van der Waals surface area contributed by atoms with Gasteiger partial charge < -0.3 is 9.64 Å². The lowest BCUT2D eigenvalue weighted by atomic mass is 10.1. The minimum atomic E-state index is -0.606. The van der Waals surface area contributed by atoms with E-state index in [4.69, 9.17) is 0 Å². The Morgan fingerprint density at radius 1 is 1.32 bits per heavy atom. The molecule has 0 bridgehead atoms. The van der Waals surface area contributed by atoms with Gasteiger partial charge in [-0.15, -0.1) is 0 Å². The Kier molecular flexibility index (Phi) is 5.24. The number of fused-ring (bicyclic) bond motifs is 1.